The number of rotatable bonds is 46. The molecule has 0 aliphatic carbocycles. The standard InChI is InChI=1S/C61H96O5/c1-4-7-10-13-16-19-22-24-26-28-30-32-34-36-38-41-44-47-50-53-56-64-57-59(66-61(63)55-52-49-46-43-39-21-18-15-12-9-6-3)58-65-60(62)54-51-48-45-42-40-37-35-33-31-29-27-25-23-20-17-14-11-8-5-2/h7-8,10-11,15-20,24-27,30-33,36-38,40,45,48,59H,4-6,9,12-14,21-23,28-29,34-35,39,41-44,46-47,49-58H2,1-3H3/b10-7-,11-8-,18-15-,19-16-,20-17-,26-24-,27-25-,32-30-,33-31-,38-36-,40-37-,48-45-. The van der Waals surface area contributed by atoms with Gasteiger partial charge in [0.1, 0.15) is 6.61 Å². The zero-order chi connectivity index (χ0) is 47.7. The molecule has 0 aromatic rings. The average Bonchev–Trinajstić information content (AvgIpc) is 3.32. The number of allylic oxidation sites excluding steroid dienone is 24. The van der Waals surface area contributed by atoms with Crippen molar-refractivity contribution in [1.29, 1.82) is 0 Å². The second kappa shape index (κ2) is 55.1. The summed E-state index contributed by atoms with van der Waals surface area (Å²) in [6.07, 6.45) is 80.2. The second-order valence-corrected chi connectivity index (χ2v) is 16.7. The summed E-state index contributed by atoms with van der Waals surface area (Å²) in [7, 11) is 0. The van der Waals surface area contributed by atoms with Crippen LogP contribution in [0.3, 0.4) is 0 Å². The number of unbranched alkanes of at least 4 members (excludes halogenated alkanes) is 11. The maximum atomic E-state index is 12.8. The van der Waals surface area contributed by atoms with Gasteiger partial charge in [0.15, 0.2) is 6.10 Å². The summed E-state index contributed by atoms with van der Waals surface area (Å²) in [5.41, 5.74) is 0. The van der Waals surface area contributed by atoms with E-state index in [-0.39, 0.29) is 31.6 Å². The van der Waals surface area contributed by atoms with Crippen LogP contribution in [0.2, 0.25) is 0 Å². The summed E-state index contributed by atoms with van der Waals surface area (Å²) in [5, 5.41) is 0. The third-order valence-electron chi connectivity index (χ3n) is 10.4. The highest BCUT2D eigenvalue weighted by Crippen LogP contribution is 2.11. The fourth-order valence-electron chi connectivity index (χ4n) is 6.48. The molecule has 0 spiro atoms. The van der Waals surface area contributed by atoms with Gasteiger partial charge < -0.3 is 14.2 Å². The zero-order valence-electron chi connectivity index (χ0n) is 42.4. The summed E-state index contributed by atoms with van der Waals surface area (Å²) in [5.74, 6) is -0.533. The van der Waals surface area contributed by atoms with Crippen molar-refractivity contribution in [2.75, 3.05) is 19.8 Å². The molecule has 0 aliphatic heterocycles. The van der Waals surface area contributed by atoms with E-state index in [2.05, 4.69) is 161 Å². The minimum atomic E-state index is -0.595. The smallest absolute Gasteiger partial charge is 0.306 e. The van der Waals surface area contributed by atoms with Crippen LogP contribution >= 0.6 is 0 Å². The van der Waals surface area contributed by atoms with E-state index >= 15 is 0 Å². The van der Waals surface area contributed by atoms with Crippen molar-refractivity contribution in [3.05, 3.63) is 146 Å². The van der Waals surface area contributed by atoms with E-state index in [1.807, 2.05) is 6.08 Å². The van der Waals surface area contributed by atoms with Gasteiger partial charge in [-0.2, -0.15) is 0 Å². The first-order chi connectivity index (χ1) is 32.6. The predicted molar refractivity (Wildman–Crippen MR) is 288 cm³/mol. The van der Waals surface area contributed by atoms with Crippen molar-refractivity contribution in [1.82, 2.24) is 0 Å². The highest BCUT2D eigenvalue weighted by molar-refractivity contribution is 5.70. The summed E-state index contributed by atoms with van der Waals surface area (Å²) in [4.78, 5) is 25.4. The minimum Gasteiger partial charge on any atom is -0.462 e. The number of carbonyl (C=O) groups is 2. The molecule has 1 unspecified atom stereocenters. The van der Waals surface area contributed by atoms with Gasteiger partial charge in [0.25, 0.3) is 0 Å². The Morgan fingerprint density at radius 3 is 1.17 bits per heavy atom. The maximum absolute atomic E-state index is 12.8. The largest absolute Gasteiger partial charge is 0.462 e. The molecule has 0 rings (SSSR count). The lowest BCUT2D eigenvalue weighted by Gasteiger charge is -2.18. The van der Waals surface area contributed by atoms with E-state index in [0.717, 1.165) is 128 Å². The van der Waals surface area contributed by atoms with E-state index in [0.29, 0.717) is 19.4 Å². The Morgan fingerprint density at radius 1 is 0.348 bits per heavy atom. The summed E-state index contributed by atoms with van der Waals surface area (Å²) >= 11 is 0. The number of hydrogen-bond donors (Lipinski definition) is 0. The highest BCUT2D eigenvalue weighted by Gasteiger charge is 2.17. The van der Waals surface area contributed by atoms with Gasteiger partial charge >= 0.3 is 11.9 Å². The minimum absolute atomic E-state index is 0.0212. The highest BCUT2D eigenvalue weighted by atomic mass is 16.6. The van der Waals surface area contributed by atoms with Crippen LogP contribution in [0.25, 0.3) is 0 Å². The van der Waals surface area contributed by atoms with E-state index in [1.54, 1.807) is 0 Å². The van der Waals surface area contributed by atoms with Gasteiger partial charge in [-0.05, 0) is 122 Å². The first-order valence-corrected chi connectivity index (χ1v) is 26.4. The number of ether oxygens (including phenoxy) is 3. The van der Waals surface area contributed by atoms with Gasteiger partial charge in [-0.15, -0.1) is 0 Å². The molecule has 0 saturated carbocycles. The normalized spacial score (nSPS) is 13.4. The fraction of sp³-hybridized carbons (Fsp3) is 0.574. The fourth-order valence-corrected chi connectivity index (χ4v) is 6.48. The molecule has 0 amide bonds. The van der Waals surface area contributed by atoms with Gasteiger partial charge in [-0.3, -0.25) is 9.59 Å². The molecule has 66 heavy (non-hydrogen) atoms. The molecule has 0 aromatic heterocycles. The van der Waals surface area contributed by atoms with Gasteiger partial charge in [-0.25, -0.2) is 0 Å². The van der Waals surface area contributed by atoms with Crippen molar-refractivity contribution < 1.29 is 23.8 Å². The van der Waals surface area contributed by atoms with Crippen LogP contribution in [-0.2, 0) is 23.8 Å². The lowest BCUT2D eigenvalue weighted by atomic mass is 10.1. The quantitative estimate of drug-likeness (QED) is 0.0346. The second-order valence-electron chi connectivity index (χ2n) is 16.7. The monoisotopic (exact) mass is 909 g/mol. The molecule has 5 nitrogen and oxygen atoms in total. The maximum Gasteiger partial charge on any atom is 0.306 e. The van der Waals surface area contributed by atoms with Crippen LogP contribution < -0.4 is 0 Å². The van der Waals surface area contributed by atoms with E-state index < -0.39 is 6.10 Å². The van der Waals surface area contributed by atoms with Crippen LogP contribution in [0.15, 0.2) is 146 Å². The predicted octanol–water partition coefficient (Wildman–Crippen LogP) is 18.1. The molecule has 0 heterocycles. The van der Waals surface area contributed by atoms with Crippen LogP contribution in [0.5, 0.6) is 0 Å². The first-order valence-electron chi connectivity index (χ1n) is 26.4. The Kier molecular flexibility index (Phi) is 51.6. The number of carbonyl (C=O) groups excluding carboxylic acids is 2. The van der Waals surface area contributed by atoms with Gasteiger partial charge in [-0.1, -0.05) is 212 Å². The van der Waals surface area contributed by atoms with Crippen LogP contribution in [0.4, 0.5) is 0 Å². The Balaban J connectivity index is 4.44. The number of hydrogen-bond acceptors (Lipinski definition) is 5. The third-order valence-corrected chi connectivity index (χ3v) is 10.4. The molecule has 1 atom stereocenters. The zero-order valence-corrected chi connectivity index (χ0v) is 42.4. The average molecular weight is 909 g/mol. The lowest BCUT2D eigenvalue weighted by Crippen LogP contribution is -2.30. The molecule has 5 heteroatoms. The SMILES string of the molecule is CC/C=C\C/C=C\C/C=C\C/C=C\C/C=C\C/C=C\CCC(=O)OCC(COCCCCCC/C=C\C/C=C\C/C=C\C/C=C\C/C=C\CC)OC(=O)CCCCCCC/C=C\CCCC. The van der Waals surface area contributed by atoms with E-state index in [4.69, 9.17) is 14.2 Å². The third kappa shape index (κ3) is 52.4. The summed E-state index contributed by atoms with van der Waals surface area (Å²) < 4.78 is 17.3. The van der Waals surface area contributed by atoms with Gasteiger partial charge in [0, 0.05) is 19.4 Å². The molecule has 0 saturated heterocycles. The van der Waals surface area contributed by atoms with Crippen molar-refractivity contribution in [3.8, 4) is 0 Å². The lowest BCUT2D eigenvalue weighted by molar-refractivity contribution is -0.162. The van der Waals surface area contributed by atoms with E-state index in [1.165, 1.54) is 32.1 Å². The summed E-state index contributed by atoms with van der Waals surface area (Å²) in [6, 6.07) is 0. The van der Waals surface area contributed by atoms with Crippen molar-refractivity contribution >= 4 is 11.9 Å². The molecule has 0 fully saturated rings. The van der Waals surface area contributed by atoms with Crippen LogP contribution in [0.1, 0.15) is 201 Å². The Hall–Kier alpha value is -4.22. The van der Waals surface area contributed by atoms with E-state index in [9.17, 15) is 9.59 Å². The Labute approximate surface area is 406 Å². The van der Waals surface area contributed by atoms with Crippen LogP contribution in [0, 0.1) is 0 Å². The molecule has 370 valence electrons. The molecular formula is C61H96O5. The van der Waals surface area contributed by atoms with Crippen molar-refractivity contribution in [2.45, 2.75) is 207 Å². The number of esters is 2. The molecule has 0 N–H and O–H groups in total. The van der Waals surface area contributed by atoms with Crippen molar-refractivity contribution in [2.24, 2.45) is 0 Å². The Bertz CT molecular complexity index is 1450. The molecule has 0 bridgehead atoms. The topological polar surface area (TPSA) is 61.8 Å². The first kappa shape index (κ1) is 61.8. The molecular weight excluding hydrogens is 813 g/mol. The van der Waals surface area contributed by atoms with Crippen molar-refractivity contribution in [3.63, 3.8) is 0 Å². The van der Waals surface area contributed by atoms with Crippen LogP contribution in [-0.4, -0.2) is 37.9 Å². The Morgan fingerprint density at radius 2 is 0.712 bits per heavy atom. The van der Waals surface area contributed by atoms with Gasteiger partial charge in [0.2, 0.25) is 0 Å². The molecule has 0 aromatic carbocycles. The summed E-state index contributed by atoms with van der Waals surface area (Å²) in [6.45, 7) is 7.39. The van der Waals surface area contributed by atoms with Gasteiger partial charge in [0.05, 0.1) is 6.61 Å². The molecule has 0 radical (unpaired) electrons. The molecule has 0 aliphatic rings.